The number of oxazole rings is 1. The first-order valence-electron chi connectivity index (χ1n) is 3.78. The molecule has 0 saturated heterocycles. The van der Waals surface area contributed by atoms with Crippen LogP contribution in [-0.4, -0.2) is 16.2 Å². The van der Waals surface area contributed by atoms with E-state index in [4.69, 9.17) is 9.52 Å². The number of hydrogen-bond donors (Lipinski definition) is 3. The second kappa shape index (κ2) is 2.91. The average Bonchev–Trinajstić information content (AvgIpc) is 2.42. The zero-order valence-electron chi connectivity index (χ0n) is 6.90. The van der Waals surface area contributed by atoms with Crippen LogP contribution in [0.2, 0.25) is 0 Å². The highest BCUT2D eigenvalue weighted by Crippen LogP contribution is 2.15. The smallest absolute Gasteiger partial charge is 0.417 e. The molecule has 0 bridgehead atoms. The summed E-state index contributed by atoms with van der Waals surface area (Å²) < 4.78 is 4.74. The van der Waals surface area contributed by atoms with Crippen molar-refractivity contribution in [2.45, 2.75) is 0 Å². The summed E-state index contributed by atoms with van der Waals surface area (Å²) in [5.74, 6) is -0.563. The molecule has 1 aromatic carbocycles. The SMILES string of the molecule is O=C(O)Nc1ccc2oc(=O)[nH]c2c1. The first-order chi connectivity index (χ1) is 6.65. The van der Waals surface area contributed by atoms with Crippen molar-refractivity contribution >= 4 is 22.9 Å². The maximum atomic E-state index is 10.8. The molecule has 0 radical (unpaired) electrons. The van der Waals surface area contributed by atoms with Gasteiger partial charge >= 0.3 is 11.8 Å². The Labute approximate surface area is 77.2 Å². The van der Waals surface area contributed by atoms with E-state index in [1.54, 1.807) is 0 Å². The van der Waals surface area contributed by atoms with Gasteiger partial charge in [-0.25, -0.2) is 9.59 Å². The lowest BCUT2D eigenvalue weighted by atomic mass is 10.3. The summed E-state index contributed by atoms with van der Waals surface area (Å²) in [6.07, 6.45) is -1.16. The van der Waals surface area contributed by atoms with Crippen LogP contribution in [0.25, 0.3) is 11.1 Å². The summed E-state index contributed by atoms with van der Waals surface area (Å²) in [5, 5.41) is 10.6. The van der Waals surface area contributed by atoms with Gasteiger partial charge in [0.2, 0.25) is 0 Å². The van der Waals surface area contributed by atoms with E-state index in [1.165, 1.54) is 18.2 Å². The van der Waals surface area contributed by atoms with Gasteiger partial charge in [0.05, 0.1) is 5.52 Å². The standard InChI is InChI=1S/C8H6N2O4/c11-7(12)9-4-1-2-6-5(3-4)10-8(13)14-6/h1-3,9H,(H,10,13)(H,11,12). The van der Waals surface area contributed by atoms with Gasteiger partial charge in [-0.05, 0) is 18.2 Å². The molecule has 1 aromatic heterocycles. The number of fused-ring (bicyclic) bond motifs is 1. The van der Waals surface area contributed by atoms with Crippen LogP contribution < -0.4 is 11.1 Å². The zero-order valence-corrected chi connectivity index (χ0v) is 6.90. The first kappa shape index (κ1) is 8.36. The average molecular weight is 194 g/mol. The Morgan fingerprint density at radius 1 is 1.50 bits per heavy atom. The number of rotatable bonds is 1. The molecule has 0 saturated carbocycles. The highest BCUT2D eigenvalue weighted by atomic mass is 16.4. The lowest BCUT2D eigenvalue weighted by Crippen LogP contribution is -2.06. The minimum Gasteiger partial charge on any atom is -0.465 e. The first-order valence-corrected chi connectivity index (χ1v) is 3.78. The summed E-state index contributed by atoms with van der Waals surface area (Å²) in [5.41, 5.74) is 1.23. The maximum absolute atomic E-state index is 10.8. The van der Waals surface area contributed by atoms with Gasteiger partial charge in [-0.1, -0.05) is 0 Å². The summed E-state index contributed by atoms with van der Waals surface area (Å²) in [4.78, 5) is 23.5. The number of benzene rings is 1. The molecule has 0 unspecified atom stereocenters. The molecule has 1 heterocycles. The minimum absolute atomic E-state index is 0.377. The number of H-pyrrole nitrogens is 1. The Morgan fingerprint density at radius 3 is 3.00 bits per heavy atom. The molecule has 1 amide bonds. The van der Waals surface area contributed by atoms with E-state index in [1.807, 2.05) is 0 Å². The number of aromatic amines is 1. The Bertz CT molecular complexity index is 540. The van der Waals surface area contributed by atoms with Gasteiger partial charge in [0.15, 0.2) is 5.58 Å². The quantitative estimate of drug-likeness (QED) is 0.635. The predicted molar refractivity (Wildman–Crippen MR) is 48.5 cm³/mol. The van der Waals surface area contributed by atoms with Gasteiger partial charge in [0.25, 0.3) is 0 Å². The molecular weight excluding hydrogens is 188 g/mol. The molecule has 14 heavy (non-hydrogen) atoms. The molecule has 3 N–H and O–H groups in total. The third kappa shape index (κ3) is 1.45. The number of anilines is 1. The maximum Gasteiger partial charge on any atom is 0.417 e. The van der Waals surface area contributed by atoms with Crippen LogP contribution in [0.5, 0.6) is 0 Å². The Morgan fingerprint density at radius 2 is 2.29 bits per heavy atom. The van der Waals surface area contributed by atoms with Crippen molar-refractivity contribution in [3.05, 3.63) is 28.7 Å². The molecule has 0 fully saturated rings. The fraction of sp³-hybridized carbons (Fsp3) is 0. The molecule has 0 atom stereocenters. The topological polar surface area (TPSA) is 95.3 Å². The van der Waals surface area contributed by atoms with Crippen molar-refractivity contribution in [3.8, 4) is 0 Å². The van der Waals surface area contributed by atoms with Gasteiger partial charge in [0, 0.05) is 5.69 Å². The lowest BCUT2D eigenvalue weighted by molar-refractivity contribution is 0.210. The van der Waals surface area contributed by atoms with Crippen LogP contribution >= 0.6 is 0 Å². The number of carboxylic acid groups (broad SMARTS) is 1. The van der Waals surface area contributed by atoms with Crippen LogP contribution in [0.15, 0.2) is 27.4 Å². The monoisotopic (exact) mass is 194 g/mol. The fourth-order valence-corrected chi connectivity index (χ4v) is 1.15. The van der Waals surface area contributed by atoms with Gasteiger partial charge in [-0.15, -0.1) is 0 Å². The normalized spacial score (nSPS) is 10.3. The molecule has 2 aromatic rings. The van der Waals surface area contributed by atoms with E-state index in [0.29, 0.717) is 16.8 Å². The molecule has 2 rings (SSSR count). The number of carbonyl (C=O) groups is 1. The van der Waals surface area contributed by atoms with E-state index in [0.717, 1.165) is 0 Å². The molecule has 0 aliphatic heterocycles. The number of aromatic nitrogens is 1. The Hall–Kier alpha value is -2.24. The van der Waals surface area contributed by atoms with Crippen LogP contribution in [0.3, 0.4) is 0 Å². The van der Waals surface area contributed by atoms with E-state index >= 15 is 0 Å². The summed E-state index contributed by atoms with van der Waals surface area (Å²) in [6.45, 7) is 0. The highest BCUT2D eigenvalue weighted by Gasteiger charge is 2.03. The van der Waals surface area contributed by atoms with Crippen molar-refractivity contribution in [1.82, 2.24) is 4.98 Å². The van der Waals surface area contributed by atoms with Gasteiger partial charge in [-0.2, -0.15) is 0 Å². The summed E-state index contributed by atoms with van der Waals surface area (Å²) in [6, 6.07) is 4.50. The highest BCUT2D eigenvalue weighted by molar-refractivity contribution is 5.86. The summed E-state index contributed by atoms with van der Waals surface area (Å²) in [7, 11) is 0. The predicted octanol–water partition coefficient (Wildman–Crippen LogP) is 1.21. The van der Waals surface area contributed by atoms with Crippen molar-refractivity contribution in [2.24, 2.45) is 0 Å². The Balaban J connectivity index is 2.50. The lowest BCUT2D eigenvalue weighted by Gasteiger charge is -1.98. The molecule has 0 spiro atoms. The molecule has 6 nitrogen and oxygen atoms in total. The second-order valence-electron chi connectivity index (χ2n) is 2.66. The third-order valence-electron chi connectivity index (χ3n) is 1.67. The third-order valence-corrected chi connectivity index (χ3v) is 1.67. The Kier molecular flexibility index (Phi) is 1.74. The van der Waals surface area contributed by atoms with Gasteiger partial charge < -0.3 is 9.52 Å². The van der Waals surface area contributed by atoms with E-state index in [9.17, 15) is 9.59 Å². The molecule has 0 aliphatic rings. The fourth-order valence-electron chi connectivity index (χ4n) is 1.15. The molecule has 6 heteroatoms. The molecule has 0 aliphatic carbocycles. The van der Waals surface area contributed by atoms with E-state index < -0.39 is 11.8 Å². The van der Waals surface area contributed by atoms with Gasteiger partial charge in [0.1, 0.15) is 0 Å². The van der Waals surface area contributed by atoms with Crippen LogP contribution in [0.4, 0.5) is 10.5 Å². The molecular formula is C8H6N2O4. The van der Waals surface area contributed by atoms with Crippen LogP contribution in [0, 0.1) is 0 Å². The van der Waals surface area contributed by atoms with E-state index in [-0.39, 0.29) is 0 Å². The van der Waals surface area contributed by atoms with Crippen molar-refractivity contribution in [3.63, 3.8) is 0 Å². The van der Waals surface area contributed by atoms with Crippen molar-refractivity contribution in [2.75, 3.05) is 5.32 Å². The number of nitrogens with one attached hydrogen (secondary N) is 2. The van der Waals surface area contributed by atoms with Crippen molar-refractivity contribution < 1.29 is 14.3 Å². The zero-order chi connectivity index (χ0) is 10.1. The largest absolute Gasteiger partial charge is 0.465 e. The minimum atomic E-state index is -1.16. The van der Waals surface area contributed by atoms with Gasteiger partial charge in [-0.3, -0.25) is 10.3 Å². The molecule has 72 valence electrons. The van der Waals surface area contributed by atoms with Crippen LogP contribution in [0.1, 0.15) is 0 Å². The summed E-state index contributed by atoms with van der Waals surface area (Å²) >= 11 is 0. The second-order valence-corrected chi connectivity index (χ2v) is 2.66. The van der Waals surface area contributed by atoms with Crippen molar-refractivity contribution in [1.29, 1.82) is 0 Å². The van der Waals surface area contributed by atoms with E-state index in [2.05, 4.69) is 10.3 Å². The number of hydrogen-bond acceptors (Lipinski definition) is 3. The number of amides is 1. The van der Waals surface area contributed by atoms with Crippen LogP contribution in [-0.2, 0) is 0 Å².